The molecule has 0 saturated carbocycles. The fraction of sp³-hybridized carbons (Fsp3) is 0.500. The Morgan fingerprint density at radius 2 is 2.00 bits per heavy atom. The quantitative estimate of drug-likeness (QED) is 0.897. The fourth-order valence-corrected chi connectivity index (χ4v) is 2.04. The van der Waals surface area contributed by atoms with Crippen molar-refractivity contribution >= 4 is 17.3 Å². The van der Waals surface area contributed by atoms with Crippen molar-refractivity contribution in [3.63, 3.8) is 0 Å². The van der Waals surface area contributed by atoms with E-state index in [0.717, 1.165) is 5.56 Å². The highest BCUT2D eigenvalue weighted by Gasteiger charge is 2.30. The molecule has 0 spiro atoms. The molecular formula is C12H16ClF3N2. The predicted molar refractivity (Wildman–Crippen MR) is 68.2 cm³/mol. The van der Waals surface area contributed by atoms with E-state index in [1.807, 2.05) is 0 Å². The number of halogens is 4. The van der Waals surface area contributed by atoms with E-state index < -0.39 is 12.7 Å². The predicted octanol–water partition coefficient (Wildman–Crippen LogP) is 3.23. The number of rotatable bonds is 5. The van der Waals surface area contributed by atoms with Gasteiger partial charge in [-0.05, 0) is 37.6 Å². The molecule has 0 unspecified atom stereocenters. The van der Waals surface area contributed by atoms with Crippen LogP contribution in [0.25, 0.3) is 0 Å². The Balaban J connectivity index is 2.93. The van der Waals surface area contributed by atoms with Crippen LogP contribution < -0.4 is 10.6 Å². The number of hydrogen-bond donors (Lipinski definition) is 1. The molecule has 1 rings (SSSR count). The fourth-order valence-electron chi connectivity index (χ4n) is 1.71. The molecule has 6 heteroatoms. The highest BCUT2D eigenvalue weighted by Crippen LogP contribution is 2.29. The largest absolute Gasteiger partial charge is 0.405 e. The van der Waals surface area contributed by atoms with Gasteiger partial charge in [-0.25, -0.2) is 0 Å². The van der Waals surface area contributed by atoms with Crippen LogP contribution in [-0.4, -0.2) is 25.8 Å². The maximum absolute atomic E-state index is 12.4. The smallest absolute Gasteiger partial charge is 0.362 e. The van der Waals surface area contributed by atoms with Gasteiger partial charge in [0.2, 0.25) is 0 Å². The standard InChI is InChI=1S/C12H16ClF3N2/c1-2-18(8-12(14,15)16)11-4-3-9(5-6-17)7-10(11)13/h3-4,7H,2,5-6,8,17H2,1H3. The van der Waals surface area contributed by atoms with Crippen molar-refractivity contribution in [1.29, 1.82) is 0 Å². The molecule has 0 atom stereocenters. The molecular weight excluding hydrogens is 265 g/mol. The average molecular weight is 281 g/mol. The minimum Gasteiger partial charge on any atom is -0.362 e. The van der Waals surface area contributed by atoms with Crippen molar-refractivity contribution < 1.29 is 13.2 Å². The zero-order valence-corrected chi connectivity index (χ0v) is 10.9. The molecule has 0 aliphatic heterocycles. The Bertz CT molecular complexity index is 393. The molecule has 18 heavy (non-hydrogen) atoms. The topological polar surface area (TPSA) is 29.3 Å². The lowest BCUT2D eigenvalue weighted by Gasteiger charge is -2.25. The number of anilines is 1. The maximum Gasteiger partial charge on any atom is 0.405 e. The van der Waals surface area contributed by atoms with Crippen molar-refractivity contribution in [2.24, 2.45) is 5.73 Å². The SMILES string of the molecule is CCN(CC(F)(F)F)c1ccc(CCN)cc1Cl. The van der Waals surface area contributed by atoms with E-state index in [0.29, 0.717) is 23.7 Å². The lowest BCUT2D eigenvalue weighted by atomic mass is 10.1. The second-order valence-electron chi connectivity index (χ2n) is 3.95. The van der Waals surface area contributed by atoms with Crippen LogP contribution >= 0.6 is 11.6 Å². The molecule has 1 aromatic carbocycles. The van der Waals surface area contributed by atoms with Gasteiger partial charge in [-0.2, -0.15) is 13.2 Å². The van der Waals surface area contributed by atoms with Crippen LogP contribution in [0.4, 0.5) is 18.9 Å². The Morgan fingerprint density at radius 3 is 2.44 bits per heavy atom. The van der Waals surface area contributed by atoms with E-state index in [2.05, 4.69) is 0 Å². The number of benzene rings is 1. The molecule has 0 amide bonds. The molecule has 2 nitrogen and oxygen atoms in total. The van der Waals surface area contributed by atoms with E-state index in [-0.39, 0.29) is 6.54 Å². The van der Waals surface area contributed by atoms with Crippen LogP contribution in [0.5, 0.6) is 0 Å². The van der Waals surface area contributed by atoms with E-state index in [4.69, 9.17) is 17.3 Å². The summed E-state index contributed by atoms with van der Waals surface area (Å²) in [4.78, 5) is 1.20. The molecule has 0 aliphatic carbocycles. The van der Waals surface area contributed by atoms with E-state index in [9.17, 15) is 13.2 Å². The molecule has 0 heterocycles. The summed E-state index contributed by atoms with van der Waals surface area (Å²) in [5.74, 6) is 0. The third-order valence-electron chi connectivity index (χ3n) is 2.54. The number of nitrogens with zero attached hydrogens (tertiary/aromatic N) is 1. The first-order valence-corrected chi connectivity index (χ1v) is 6.05. The molecule has 0 radical (unpaired) electrons. The Labute approximate surface area is 110 Å². The summed E-state index contributed by atoms with van der Waals surface area (Å²) in [6, 6.07) is 5.04. The highest BCUT2D eigenvalue weighted by atomic mass is 35.5. The van der Waals surface area contributed by atoms with Crippen LogP contribution in [0.1, 0.15) is 12.5 Å². The summed E-state index contributed by atoms with van der Waals surface area (Å²) in [5, 5.41) is 0.326. The van der Waals surface area contributed by atoms with Crippen molar-refractivity contribution in [3.8, 4) is 0 Å². The average Bonchev–Trinajstić information content (AvgIpc) is 2.26. The molecule has 0 bridgehead atoms. The van der Waals surface area contributed by atoms with E-state index in [1.165, 1.54) is 4.90 Å². The molecule has 0 aromatic heterocycles. The molecule has 0 fully saturated rings. The Morgan fingerprint density at radius 1 is 1.33 bits per heavy atom. The van der Waals surface area contributed by atoms with Crippen LogP contribution in [0.15, 0.2) is 18.2 Å². The highest BCUT2D eigenvalue weighted by molar-refractivity contribution is 6.33. The van der Waals surface area contributed by atoms with Gasteiger partial charge in [-0.1, -0.05) is 17.7 Å². The van der Waals surface area contributed by atoms with Crippen LogP contribution in [0, 0.1) is 0 Å². The minimum absolute atomic E-state index is 0.246. The first-order chi connectivity index (χ1) is 8.37. The Kier molecular flexibility index (Phi) is 5.28. The third-order valence-corrected chi connectivity index (χ3v) is 2.84. The zero-order valence-electron chi connectivity index (χ0n) is 10.1. The minimum atomic E-state index is -4.24. The van der Waals surface area contributed by atoms with Gasteiger partial charge in [-0.15, -0.1) is 0 Å². The van der Waals surface area contributed by atoms with Crippen LogP contribution in [0.3, 0.4) is 0 Å². The Hall–Kier alpha value is -0.940. The van der Waals surface area contributed by atoms with Crippen LogP contribution in [-0.2, 0) is 6.42 Å². The molecule has 102 valence electrons. The molecule has 1 aromatic rings. The van der Waals surface area contributed by atoms with Crippen molar-refractivity contribution in [1.82, 2.24) is 0 Å². The summed E-state index contributed by atoms with van der Waals surface area (Å²) >= 11 is 6.02. The second-order valence-corrected chi connectivity index (χ2v) is 4.36. The van der Waals surface area contributed by atoms with Crippen LogP contribution in [0.2, 0.25) is 5.02 Å². The van der Waals surface area contributed by atoms with Crippen molar-refractivity contribution in [2.75, 3.05) is 24.5 Å². The third kappa shape index (κ3) is 4.38. The van der Waals surface area contributed by atoms with Crippen molar-refractivity contribution in [2.45, 2.75) is 19.5 Å². The first-order valence-electron chi connectivity index (χ1n) is 5.67. The molecule has 2 N–H and O–H groups in total. The van der Waals surface area contributed by atoms with E-state index >= 15 is 0 Å². The second kappa shape index (κ2) is 6.29. The summed E-state index contributed by atoms with van der Waals surface area (Å²) in [6.45, 7) is 1.39. The zero-order chi connectivity index (χ0) is 13.8. The van der Waals surface area contributed by atoms with Gasteiger partial charge >= 0.3 is 6.18 Å². The number of nitrogens with two attached hydrogens (primary N) is 1. The lowest BCUT2D eigenvalue weighted by molar-refractivity contribution is -0.119. The summed E-state index contributed by atoms with van der Waals surface area (Å²) < 4.78 is 37.2. The van der Waals surface area contributed by atoms with Gasteiger partial charge in [0.1, 0.15) is 6.54 Å². The summed E-state index contributed by atoms with van der Waals surface area (Å²) in [5.41, 5.74) is 6.74. The normalized spacial score (nSPS) is 11.7. The van der Waals surface area contributed by atoms with Gasteiger partial charge < -0.3 is 10.6 Å². The molecule has 0 aliphatic rings. The van der Waals surface area contributed by atoms with Gasteiger partial charge in [-0.3, -0.25) is 0 Å². The van der Waals surface area contributed by atoms with Gasteiger partial charge in [0, 0.05) is 6.54 Å². The summed E-state index contributed by atoms with van der Waals surface area (Å²) in [7, 11) is 0. The van der Waals surface area contributed by atoms with Gasteiger partial charge in [0.25, 0.3) is 0 Å². The van der Waals surface area contributed by atoms with Gasteiger partial charge in [0.05, 0.1) is 10.7 Å². The first kappa shape index (κ1) is 15.1. The number of alkyl halides is 3. The lowest BCUT2D eigenvalue weighted by Crippen LogP contribution is -2.34. The monoisotopic (exact) mass is 280 g/mol. The van der Waals surface area contributed by atoms with E-state index in [1.54, 1.807) is 25.1 Å². The molecule has 0 saturated heterocycles. The summed E-state index contributed by atoms with van der Waals surface area (Å²) in [6.07, 6.45) is -3.58. The van der Waals surface area contributed by atoms with Crippen molar-refractivity contribution in [3.05, 3.63) is 28.8 Å². The van der Waals surface area contributed by atoms with Gasteiger partial charge in [0.15, 0.2) is 0 Å². The number of hydrogen-bond acceptors (Lipinski definition) is 2. The maximum atomic E-state index is 12.4.